The summed E-state index contributed by atoms with van der Waals surface area (Å²) in [5, 5.41) is 7.62. The summed E-state index contributed by atoms with van der Waals surface area (Å²) in [6.07, 6.45) is 0. The number of hydrogen-bond acceptors (Lipinski definition) is 4. The van der Waals surface area contributed by atoms with Crippen LogP contribution in [0.4, 0.5) is 0 Å². The molecule has 0 unspecified atom stereocenters. The summed E-state index contributed by atoms with van der Waals surface area (Å²) in [5.74, 6) is 1.93. The lowest BCUT2D eigenvalue weighted by Gasteiger charge is -2.12. The van der Waals surface area contributed by atoms with Gasteiger partial charge >= 0.3 is 0 Å². The maximum atomic E-state index is 5.03. The first kappa shape index (κ1) is 34.0. The topological polar surface area (TPSA) is 48.0 Å². The molecule has 5 aromatic heterocycles. The third kappa shape index (κ3) is 5.29. The highest BCUT2D eigenvalue weighted by atomic mass is 32.1. The summed E-state index contributed by atoms with van der Waals surface area (Å²) in [6, 6.07) is 71.3. The van der Waals surface area contributed by atoms with Crippen LogP contribution < -0.4 is 0 Å². The summed E-state index contributed by atoms with van der Waals surface area (Å²) in [7, 11) is 0. The summed E-state index contributed by atoms with van der Waals surface area (Å²) in [4.78, 5) is 17.6. The third-order valence-electron chi connectivity index (χ3n) is 12.1. The van der Waals surface area contributed by atoms with Crippen molar-refractivity contribution < 1.29 is 0 Å². The van der Waals surface area contributed by atoms with Gasteiger partial charge in [-0.2, -0.15) is 0 Å². The molecule has 5 nitrogen and oxygen atoms in total. The highest BCUT2D eigenvalue weighted by molar-refractivity contribution is 7.22. The van der Waals surface area contributed by atoms with Crippen LogP contribution in [0.25, 0.3) is 121 Å². The Morgan fingerprint density at radius 2 is 0.836 bits per heavy atom. The Bertz CT molecular complexity index is 3750. The van der Waals surface area contributed by atoms with Crippen LogP contribution in [0.15, 0.2) is 200 Å². The number of para-hydroxylation sites is 2. The molecule has 61 heavy (non-hydrogen) atoms. The second kappa shape index (κ2) is 13.3. The van der Waals surface area contributed by atoms with E-state index in [2.05, 4.69) is 148 Å². The van der Waals surface area contributed by atoms with Gasteiger partial charge in [0.1, 0.15) is 4.83 Å². The Hall–Kier alpha value is -7.93. The minimum Gasteiger partial charge on any atom is -0.309 e. The fourth-order valence-electron chi connectivity index (χ4n) is 9.31. The molecule has 6 heteroatoms. The van der Waals surface area contributed by atoms with Crippen LogP contribution in [0, 0.1) is 0 Å². The molecule has 0 saturated carbocycles. The number of aromatic nitrogens is 5. The average Bonchev–Trinajstić information content (AvgIpc) is 4.09. The van der Waals surface area contributed by atoms with Gasteiger partial charge in [0.15, 0.2) is 17.5 Å². The smallest absolute Gasteiger partial charge is 0.164 e. The lowest BCUT2D eigenvalue weighted by atomic mass is 10.00. The number of rotatable bonds is 6. The fourth-order valence-corrected chi connectivity index (χ4v) is 10.5. The first-order chi connectivity index (χ1) is 30.2. The van der Waals surface area contributed by atoms with E-state index in [1.807, 2.05) is 72.0 Å². The van der Waals surface area contributed by atoms with Crippen molar-refractivity contribution >= 4 is 70.6 Å². The minimum absolute atomic E-state index is 0.632. The van der Waals surface area contributed by atoms with Crippen LogP contribution in [-0.4, -0.2) is 23.9 Å². The standard InChI is InChI=1S/C55H33N5S/c1-4-14-34(15-5-1)50-33-46-43-24-13-23-42-45-32-38(27-29-49(45)60(51(42)43)55(46)61-50)37-26-28-48-44(31-37)41-22-10-11-25-47(41)59(48)40-21-12-20-39(30-40)54-57-52(35-16-6-2-7-17-35)56-53(58-54)36-18-8-3-9-19-36/h1-33H. The van der Waals surface area contributed by atoms with Gasteiger partial charge in [-0.05, 0) is 65.2 Å². The Labute approximate surface area is 354 Å². The van der Waals surface area contributed by atoms with Crippen LogP contribution >= 0.6 is 11.3 Å². The van der Waals surface area contributed by atoms with Gasteiger partial charge < -0.3 is 4.57 Å². The average molecular weight is 796 g/mol. The third-order valence-corrected chi connectivity index (χ3v) is 13.3. The maximum absolute atomic E-state index is 5.03. The second-order valence-corrected chi connectivity index (χ2v) is 16.7. The molecule has 0 fully saturated rings. The molecule has 5 heterocycles. The lowest BCUT2D eigenvalue weighted by molar-refractivity contribution is 1.07. The highest BCUT2D eigenvalue weighted by Crippen LogP contribution is 2.45. The number of fused-ring (bicyclic) bond motifs is 9. The fraction of sp³-hybridized carbons (Fsp3) is 0. The van der Waals surface area contributed by atoms with E-state index < -0.39 is 0 Å². The predicted octanol–water partition coefficient (Wildman–Crippen LogP) is 14.5. The van der Waals surface area contributed by atoms with Crippen molar-refractivity contribution in [3.63, 3.8) is 0 Å². The molecule has 8 aromatic carbocycles. The largest absolute Gasteiger partial charge is 0.309 e. The van der Waals surface area contributed by atoms with Gasteiger partial charge in [-0.25, -0.2) is 15.0 Å². The molecule has 0 radical (unpaired) electrons. The van der Waals surface area contributed by atoms with E-state index in [4.69, 9.17) is 15.0 Å². The van der Waals surface area contributed by atoms with E-state index in [9.17, 15) is 0 Å². The van der Waals surface area contributed by atoms with Crippen molar-refractivity contribution in [3.8, 4) is 61.4 Å². The number of hydrogen-bond donors (Lipinski definition) is 0. The number of benzene rings is 8. The molecule has 0 aliphatic carbocycles. The van der Waals surface area contributed by atoms with Crippen LogP contribution in [0.1, 0.15) is 0 Å². The lowest BCUT2D eigenvalue weighted by Crippen LogP contribution is -2.01. The van der Waals surface area contributed by atoms with E-state index in [-0.39, 0.29) is 0 Å². The van der Waals surface area contributed by atoms with Crippen molar-refractivity contribution in [2.75, 3.05) is 0 Å². The molecule has 13 rings (SSSR count). The number of nitrogens with zero attached hydrogens (tertiary/aromatic N) is 5. The molecule has 0 saturated heterocycles. The Morgan fingerprint density at radius 1 is 0.328 bits per heavy atom. The molecule has 284 valence electrons. The zero-order valence-corrected chi connectivity index (χ0v) is 33.5. The van der Waals surface area contributed by atoms with E-state index in [1.54, 1.807) is 0 Å². The first-order valence-corrected chi connectivity index (χ1v) is 21.3. The van der Waals surface area contributed by atoms with Gasteiger partial charge in [-0.15, -0.1) is 11.3 Å². The van der Waals surface area contributed by atoms with Crippen molar-refractivity contribution in [1.82, 2.24) is 23.9 Å². The van der Waals surface area contributed by atoms with Crippen LogP contribution in [0.3, 0.4) is 0 Å². The zero-order chi connectivity index (χ0) is 40.0. The molecule has 0 amide bonds. The Kier molecular flexibility index (Phi) is 7.41. The molecule has 0 spiro atoms. The summed E-state index contributed by atoms with van der Waals surface area (Å²) in [6.45, 7) is 0. The van der Waals surface area contributed by atoms with Gasteiger partial charge in [0.05, 0.1) is 22.1 Å². The maximum Gasteiger partial charge on any atom is 0.164 e. The van der Waals surface area contributed by atoms with Crippen molar-refractivity contribution in [2.45, 2.75) is 0 Å². The molecule has 0 bridgehead atoms. The van der Waals surface area contributed by atoms with Gasteiger partial charge in [0, 0.05) is 59.6 Å². The first-order valence-electron chi connectivity index (χ1n) is 20.5. The monoisotopic (exact) mass is 795 g/mol. The molecule has 0 aliphatic rings. The Balaban J connectivity index is 0.937. The van der Waals surface area contributed by atoms with Gasteiger partial charge in [-0.1, -0.05) is 152 Å². The van der Waals surface area contributed by atoms with Gasteiger partial charge in [0.2, 0.25) is 0 Å². The van der Waals surface area contributed by atoms with Gasteiger partial charge in [0.25, 0.3) is 0 Å². The molecular formula is C55H33N5S. The zero-order valence-electron chi connectivity index (χ0n) is 32.7. The molecule has 0 N–H and O–H groups in total. The van der Waals surface area contributed by atoms with Crippen LogP contribution in [0.2, 0.25) is 0 Å². The summed E-state index contributed by atoms with van der Waals surface area (Å²) < 4.78 is 4.85. The second-order valence-electron chi connectivity index (χ2n) is 15.6. The Morgan fingerprint density at radius 3 is 1.52 bits per heavy atom. The molecular weight excluding hydrogens is 763 g/mol. The summed E-state index contributed by atoms with van der Waals surface area (Å²) >= 11 is 1.88. The SMILES string of the molecule is c1ccc(-c2nc(-c3ccccc3)nc(-c3cccc(-n4c5ccccc5c5cc(-c6ccc7c(c6)c6cccc8c9cc(-c%10ccccc%10)sc9n7c68)ccc54)c3)n2)cc1. The van der Waals surface area contributed by atoms with Crippen molar-refractivity contribution in [3.05, 3.63) is 200 Å². The molecule has 0 atom stereocenters. The van der Waals surface area contributed by atoms with E-state index in [0.717, 1.165) is 33.4 Å². The minimum atomic E-state index is 0.632. The van der Waals surface area contributed by atoms with Crippen molar-refractivity contribution in [2.24, 2.45) is 0 Å². The van der Waals surface area contributed by atoms with Gasteiger partial charge in [-0.3, -0.25) is 4.40 Å². The van der Waals surface area contributed by atoms with E-state index >= 15 is 0 Å². The highest BCUT2D eigenvalue weighted by Gasteiger charge is 2.21. The molecule has 13 aromatic rings. The quantitative estimate of drug-likeness (QED) is 0.168. The van der Waals surface area contributed by atoms with E-state index in [0.29, 0.717) is 17.5 Å². The number of thiophene rings is 1. The normalized spacial score (nSPS) is 11.9. The summed E-state index contributed by atoms with van der Waals surface area (Å²) in [5.41, 5.74) is 12.4. The predicted molar refractivity (Wildman–Crippen MR) is 254 cm³/mol. The van der Waals surface area contributed by atoms with Crippen molar-refractivity contribution in [1.29, 1.82) is 0 Å². The van der Waals surface area contributed by atoms with E-state index in [1.165, 1.54) is 69.7 Å². The molecule has 0 aliphatic heterocycles. The van der Waals surface area contributed by atoms with Crippen LogP contribution in [0.5, 0.6) is 0 Å². The van der Waals surface area contributed by atoms with Crippen LogP contribution in [-0.2, 0) is 0 Å².